The number of aryl methyl sites for hydroxylation is 2. The molecule has 4 rings (SSSR count). The maximum Gasteiger partial charge on any atom is 0.160 e. The third kappa shape index (κ3) is 3.88. The molecule has 4 aromatic rings. The van der Waals surface area contributed by atoms with Crippen LogP contribution in [0.2, 0.25) is 0 Å². The van der Waals surface area contributed by atoms with Crippen molar-refractivity contribution in [1.29, 1.82) is 0 Å². The Hall–Kier alpha value is -2.84. The van der Waals surface area contributed by atoms with Crippen molar-refractivity contribution < 1.29 is 4.74 Å². The molecule has 3 aromatic carbocycles. The molecule has 0 spiro atoms. The number of fused-ring (bicyclic) bond motifs is 1. The minimum Gasteiger partial charge on any atom is -0.349 e. The molecule has 0 fully saturated rings. The Bertz CT molecular complexity index is 1030. The van der Waals surface area contributed by atoms with Gasteiger partial charge < -0.3 is 9.30 Å². The number of aromatic nitrogens is 1. The lowest BCUT2D eigenvalue weighted by Crippen LogP contribution is -2.17. The van der Waals surface area contributed by atoms with E-state index in [0.29, 0.717) is 6.61 Å². The number of nitrogens with zero attached hydrogens (tertiary/aromatic N) is 1. The maximum atomic E-state index is 6.56. The molecule has 0 N–H and O–H groups in total. The van der Waals surface area contributed by atoms with Gasteiger partial charge in [-0.05, 0) is 36.4 Å². The summed E-state index contributed by atoms with van der Waals surface area (Å²) >= 11 is 0. The van der Waals surface area contributed by atoms with Gasteiger partial charge in [0.2, 0.25) is 0 Å². The van der Waals surface area contributed by atoms with E-state index in [1.165, 1.54) is 33.3 Å². The Morgan fingerprint density at radius 2 is 1.57 bits per heavy atom. The molecule has 0 aliphatic carbocycles. The molecule has 1 heterocycles. The lowest BCUT2D eigenvalue weighted by Gasteiger charge is -2.24. The molecule has 0 aliphatic rings. The minimum absolute atomic E-state index is 0.151. The summed E-state index contributed by atoms with van der Waals surface area (Å²) in [4.78, 5) is 0. The van der Waals surface area contributed by atoms with Crippen LogP contribution in [-0.4, -0.2) is 4.57 Å². The van der Waals surface area contributed by atoms with E-state index in [9.17, 15) is 0 Å². The number of rotatable bonds is 7. The molecule has 0 aliphatic heterocycles. The Morgan fingerprint density at radius 1 is 0.857 bits per heavy atom. The molecule has 0 amide bonds. The highest BCUT2D eigenvalue weighted by atomic mass is 16.5. The number of hydrogen-bond acceptors (Lipinski definition) is 1. The molecule has 0 radical (unpaired) electrons. The fourth-order valence-corrected chi connectivity index (χ4v) is 3.76. The second-order valence-corrected chi connectivity index (χ2v) is 7.37. The van der Waals surface area contributed by atoms with Crippen molar-refractivity contribution >= 4 is 10.9 Å². The summed E-state index contributed by atoms with van der Waals surface area (Å²) in [5.74, 6) is 0. The van der Waals surface area contributed by atoms with E-state index >= 15 is 0 Å². The zero-order valence-electron chi connectivity index (χ0n) is 16.6. The van der Waals surface area contributed by atoms with E-state index in [4.69, 9.17) is 4.74 Å². The van der Waals surface area contributed by atoms with Crippen LogP contribution in [0.3, 0.4) is 0 Å². The molecule has 2 heteroatoms. The number of para-hydroxylation sites is 1. The average Bonchev–Trinajstić information content (AvgIpc) is 3.09. The van der Waals surface area contributed by atoms with E-state index in [1.807, 2.05) is 6.07 Å². The van der Waals surface area contributed by atoms with Crippen molar-refractivity contribution in [2.24, 2.45) is 0 Å². The fraction of sp³-hybridized carbons (Fsp3) is 0.231. The smallest absolute Gasteiger partial charge is 0.160 e. The Morgan fingerprint density at radius 3 is 2.32 bits per heavy atom. The third-order valence-electron chi connectivity index (χ3n) is 5.18. The van der Waals surface area contributed by atoms with Crippen molar-refractivity contribution in [3.63, 3.8) is 0 Å². The Kier molecular flexibility index (Phi) is 5.59. The highest BCUT2D eigenvalue weighted by Gasteiger charge is 2.20. The van der Waals surface area contributed by atoms with Gasteiger partial charge in [0.25, 0.3) is 0 Å². The lowest BCUT2D eigenvalue weighted by atomic mass is 10.1. The van der Waals surface area contributed by atoms with Gasteiger partial charge >= 0.3 is 0 Å². The van der Waals surface area contributed by atoms with Crippen LogP contribution in [0.4, 0.5) is 0 Å². The van der Waals surface area contributed by atoms with E-state index in [2.05, 4.69) is 97.3 Å². The van der Waals surface area contributed by atoms with Crippen LogP contribution in [0.15, 0.2) is 84.9 Å². The van der Waals surface area contributed by atoms with Crippen molar-refractivity contribution in [1.82, 2.24) is 4.57 Å². The molecule has 1 unspecified atom stereocenters. The number of ether oxygens (including phenoxy) is 1. The van der Waals surface area contributed by atoms with Crippen LogP contribution in [0.5, 0.6) is 0 Å². The molecule has 2 nitrogen and oxygen atoms in total. The van der Waals surface area contributed by atoms with Gasteiger partial charge in [0, 0.05) is 11.3 Å². The summed E-state index contributed by atoms with van der Waals surface area (Å²) in [6.45, 7) is 4.93. The van der Waals surface area contributed by atoms with Gasteiger partial charge in [-0.3, -0.25) is 0 Å². The van der Waals surface area contributed by atoms with Crippen molar-refractivity contribution in [2.45, 2.75) is 39.5 Å². The summed E-state index contributed by atoms with van der Waals surface area (Å²) in [5.41, 5.74) is 6.18. The Labute approximate surface area is 167 Å². The first-order chi connectivity index (χ1) is 13.8. The zero-order chi connectivity index (χ0) is 19.3. The van der Waals surface area contributed by atoms with Crippen molar-refractivity contribution in [3.8, 4) is 0 Å². The summed E-state index contributed by atoms with van der Waals surface area (Å²) in [5, 5.41) is 1.27. The van der Waals surface area contributed by atoms with Gasteiger partial charge in [-0.1, -0.05) is 91.7 Å². The molecule has 1 atom stereocenters. The van der Waals surface area contributed by atoms with Gasteiger partial charge in [0.15, 0.2) is 6.23 Å². The van der Waals surface area contributed by atoms with E-state index < -0.39 is 0 Å². The second kappa shape index (κ2) is 8.45. The molecule has 1 aromatic heterocycles. The fourth-order valence-electron chi connectivity index (χ4n) is 3.76. The molecular formula is C26H27NO. The number of benzene rings is 3. The normalized spacial score (nSPS) is 12.4. The van der Waals surface area contributed by atoms with E-state index in [0.717, 1.165) is 12.8 Å². The van der Waals surface area contributed by atoms with Gasteiger partial charge in [0.1, 0.15) is 0 Å². The number of hydrogen-bond donors (Lipinski definition) is 0. The lowest BCUT2D eigenvalue weighted by molar-refractivity contribution is 0.0209. The van der Waals surface area contributed by atoms with Crippen LogP contribution < -0.4 is 0 Å². The summed E-state index contributed by atoms with van der Waals surface area (Å²) < 4.78 is 8.94. The van der Waals surface area contributed by atoms with Crippen LogP contribution in [0, 0.1) is 6.92 Å². The van der Waals surface area contributed by atoms with Gasteiger partial charge in [0.05, 0.1) is 12.1 Å². The molecule has 28 heavy (non-hydrogen) atoms. The van der Waals surface area contributed by atoms with E-state index in [-0.39, 0.29) is 6.23 Å². The van der Waals surface area contributed by atoms with E-state index in [1.54, 1.807) is 0 Å². The van der Waals surface area contributed by atoms with Gasteiger partial charge in [-0.25, -0.2) is 0 Å². The predicted molar refractivity (Wildman–Crippen MR) is 116 cm³/mol. The zero-order valence-corrected chi connectivity index (χ0v) is 16.6. The maximum absolute atomic E-state index is 6.56. The van der Waals surface area contributed by atoms with Crippen LogP contribution in [-0.2, 0) is 17.8 Å². The second-order valence-electron chi connectivity index (χ2n) is 7.37. The largest absolute Gasteiger partial charge is 0.349 e. The predicted octanol–water partition coefficient (Wildman–Crippen LogP) is 6.67. The van der Waals surface area contributed by atoms with Crippen molar-refractivity contribution in [2.75, 3.05) is 0 Å². The highest BCUT2D eigenvalue weighted by Crippen LogP contribution is 2.31. The Balaban J connectivity index is 1.79. The first-order valence-corrected chi connectivity index (χ1v) is 10.1. The molecule has 0 saturated heterocycles. The highest BCUT2D eigenvalue weighted by molar-refractivity contribution is 5.81. The third-order valence-corrected chi connectivity index (χ3v) is 5.18. The molecule has 0 bridgehead atoms. The van der Waals surface area contributed by atoms with Crippen LogP contribution in [0.25, 0.3) is 10.9 Å². The first-order valence-electron chi connectivity index (χ1n) is 10.1. The molecular weight excluding hydrogens is 342 g/mol. The average molecular weight is 370 g/mol. The SMILES string of the molecule is CCCc1cc2ccccc2n1C(OCc1ccccc1)c1ccc(C)cc1. The van der Waals surface area contributed by atoms with Gasteiger partial charge in [-0.15, -0.1) is 0 Å². The summed E-state index contributed by atoms with van der Waals surface area (Å²) in [6.07, 6.45) is 1.99. The van der Waals surface area contributed by atoms with Crippen molar-refractivity contribution in [3.05, 3.63) is 107 Å². The standard InChI is InChI=1S/C26H27NO/c1-3-9-24-18-23-12-7-8-13-25(23)27(24)26(22-16-14-20(2)15-17-22)28-19-21-10-5-4-6-11-21/h4-8,10-18,26H,3,9,19H2,1-2H3. The summed E-state index contributed by atoms with van der Waals surface area (Å²) in [7, 11) is 0. The topological polar surface area (TPSA) is 14.2 Å². The minimum atomic E-state index is -0.151. The van der Waals surface area contributed by atoms with Gasteiger partial charge in [-0.2, -0.15) is 0 Å². The quantitative estimate of drug-likeness (QED) is 0.355. The first kappa shape index (κ1) is 18.5. The van der Waals surface area contributed by atoms with Crippen LogP contribution >= 0.6 is 0 Å². The monoisotopic (exact) mass is 369 g/mol. The molecule has 0 saturated carbocycles. The van der Waals surface area contributed by atoms with Crippen LogP contribution in [0.1, 0.15) is 42.0 Å². The molecule has 142 valence electrons. The summed E-state index contributed by atoms with van der Waals surface area (Å²) in [6, 6.07) is 30.0.